The smallest absolute Gasteiger partial charge is 0.387 e. The molecular weight excluding hydrogens is 670 g/mol. The summed E-state index contributed by atoms with van der Waals surface area (Å²) in [6.45, 7) is 4.32. The van der Waals surface area contributed by atoms with Crippen LogP contribution >= 0.6 is 15.9 Å². The van der Waals surface area contributed by atoms with Gasteiger partial charge in [-0.2, -0.15) is 8.78 Å². The van der Waals surface area contributed by atoms with Gasteiger partial charge in [0.1, 0.15) is 11.7 Å². The molecule has 1 unspecified atom stereocenters. The molecule has 10 heteroatoms. The van der Waals surface area contributed by atoms with Gasteiger partial charge in [0.05, 0.1) is 27.7 Å². The summed E-state index contributed by atoms with van der Waals surface area (Å²) in [5, 5.41) is 4.04. The minimum Gasteiger partial charge on any atom is -0.484 e. The number of carbonyl (C=O) groups excluding carboxylic acids is 2. The number of carbonyl (C=O) groups is 2. The highest BCUT2D eigenvalue weighted by molar-refractivity contribution is 9.10. The normalized spacial score (nSPS) is 22.3. The molecule has 0 spiro atoms. The lowest BCUT2D eigenvalue weighted by Crippen LogP contribution is -2.67. The number of para-hydroxylation sites is 2. The number of rotatable bonds is 8. The van der Waals surface area contributed by atoms with E-state index in [0.717, 1.165) is 15.6 Å². The number of esters is 1. The zero-order valence-electron chi connectivity index (χ0n) is 26.7. The van der Waals surface area contributed by atoms with E-state index in [4.69, 9.17) is 19.2 Å². The number of nitrogens with zero attached hydrogens (tertiary/aromatic N) is 1. The summed E-state index contributed by atoms with van der Waals surface area (Å²) >= 11 is 3.55. The number of amides is 1. The monoisotopic (exact) mass is 706 g/mol. The molecular formula is C37H37BrF2N2O5. The molecule has 2 bridgehead atoms. The molecule has 3 saturated carbocycles. The minimum absolute atomic E-state index is 0.110. The second kappa shape index (κ2) is 12.5. The van der Waals surface area contributed by atoms with Crippen molar-refractivity contribution in [3.8, 4) is 22.8 Å². The van der Waals surface area contributed by atoms with Crippen molar-refractivity contribution < 1.29 is 32.6 Å². The molecule has 0 aliphatic heterocycles. The van der Waals surface area contributed by atoms with Crippen LogP contribution in [0.4, 0.5) is 8.78 Å². The molecule has 1 N–H and O–H groups in total. The number of halogens is 3. The summed E-state index contributed by atoms with van der Waals surface area (Å²) in [7, 11) is 0. The van der Waals surface area contributed by atoms with Crippen LogP contribution in [0.3, 0.4) is 0 Å². The lowest BCUT2D eigenvalue weighted by atomic mass is 9.55. The fraction of sp³-hybridized carbons (Fsp3) is 0.378. The quantitative estimate of drug-likeness (QED) is 0.184. The zero-order valence-corrected chi connectivity index (χ0v) is 28.3. The van der Waals surface area contributed by atoms with Crippen LogP contribution in [-0.4, -0.2) is 40.7 Å². The number of pyridine rings is 1. The third-order valence-electron chi connectivity index (χ3n) is 9.29. The Balaban J connectivity index is 1.41. The molecule has 0 saturated heterocycles. The Kier molecular flexibility index (Phi) is 8.76. The number of alkyl halides is 2. The number of aromatic nitrogens is 1. The average molecular weight is 708 g/mol. The Labute approximate surface area is 281 Å². The topological polar surface area (TPSA) is 86.8 Å². The van der Waals surface area contributed by atoms with Crippen LogP contribution < -0.4 is 14.8 Å². The summed E-state index contributed by atoms with van der Waals surface area (Å²) in [4.78, 5) is 33.2. The van der Waals surface area contributed by atoms with Crippen LogP contribution in [0, 0.1) is 12.3 Å². The van der Waals surface area contributed by atoms with E-state index in [-0.39, 0.29) is 29.8 Å². The largest absolute Gasteiger partial charge is 0.484 e. The zero-order chi connectivity index (χ0) is 33.6. The van der Waals surface area contributed by atoms with E-state index in [0.29, 0.717) is 47.8 Å². The summed E-state index contributed by atoms with van der Waals surface area (Å²) < 4.78 is 44.6. The Hall–Kier alpha value is -4.05. The van der Waals surface area contributed by atoms with Crippen LogP contribution in [0.15, 0.2) is 77.3 Å². The van der Waals surface area contributed by atoms with Crippen LogP contribution in [-0.2, 0) is 9.53 Å². The van der Waals surface area contributed by atoms with Crippen molar-refractivity contribution in [1.29, 1.82) is 0 Å². The van der Waals surface area contributed by atoms with Crippen molar-refractivity contribution in [2.24, 2.45) is 5.41 Å². The van der Waals surface area contributed by atoms with Crippen LogP contribution in [0.2, 0.25) is 0 Å². The molecule has 3 aliphatic carbocycles. The van der Waals surface area contributed by atoms with E-state index >= 15 is 0 Å². The van der Waals surface area contributed by atoms with Gasteiger partial charge in [-0.25, -0.2) is 4.98 Å². The van der Waals surface area contributed by atoms with Gasteiger partial charge in [0, 0.05) is 21.8 Å². The SMILES string of the molecule is Cc1c(-c2ccccc2)nc2ccc(Br)cc2c1C(=O)NC12CCC(C(=O)OC(C)(C)C)(CC1)CC2Oc1ccccc1OC(F)F. The first-order valence-corrected chi connectivity index (χ1v) is 16.5. The molecule has 1 heterocycles. The number of fused-ring (bicyclic) bond motifs is 4. The maximum Gasteiger partial charge on any atom is 0.387 e. The maximum atomic E-state index is 14.6. The minimum atomic E-state index is -3.05. The van der Waals surface area contributed by atoms with Gasteiger partial charge in [0.15, 0.2) is 11.5 Å². The second-order valence-electron chi connectivity index (χ2n) is 13.5. The lowest BCUT2D eigenvalue weighted by molar-refractivity contribution is -0.181. The maximum absolute atomic E-state index is 14.6. The van der Waals surface area contributed by atoms with E-state index in [2.05, 4.69) is 21.2 Å². The highest BCUT2D eigenvalue weighted by atomic mass is 79.9. The second-order valence-corrected chi connectivity index (χ2v) is 14.4. The lowest BCUT2D eigenvalue weighted by Gasteiger charge is -2.56. The number of benzene rings is 3. The molecule has 3 aromatic carbocycles. The van der Waals surface area contributed by atoms with Gasteiger partial charge in [-0.05, 0) is 89.3 Å². The van der Waals surface area contributed by atoms with Crippen molar-refractivity contribution in [2.75, 3.05) is 0 Å². The standard InChI is InChI=1S/C37H37BrF2N2O5/c1-22-30(25-20-24(38)14-15-26(25)41-31(22)23-10-6-5-7-11-23)32(43)42-37-18-16-36(17-19-37,33(44)47-35(2,3)4)21-29(37)45-27-12-8-9-13-28(27)46-34(39)40/h5-15,20,29,34H,16-19,21H2,1-4H3,(H,42,43). The number of ether oxygens (including phenoxy) is 3. The Morgan fingerprint density at radius 1 is 0.957 bits per heavy atom. The fourth-order valence-electron chi connectivity index (χ4n) is 6.97. The Bertz CT molecular complexity index is 1820. The van der Waals surface area contributed by atoms with Crippen LogP contribution in [0.1, 0.15) is 68.8 Å². The van der Waals surface area contributed by atoms with Gasteiger partial charge in [0.25, 0.3) is 5.91 Å². The van der Waals surface area contributed by atoms with Crippen LogP contribution in [0.25, 0.3) is 22.2 Å². The summed E-state index contributed by atoms with van der Waals surface area (Å²) in [5.41, 5.74) is 1.03. The van der Waals surface area contributed by atoms with Crippen molar-refractivity contribution in [2.45, 2.75) is 83.7 Å². The van der Waals surface area contributed by atoms with E-state index in [1.165, 1.54) is 6.07 Å². The molecule has 1 aromatic heterocycles. The molecule has 3 aliphatic rings. The first-order chi connectivity index (χ1) is 22.3. The average Bonchev–Trinajstić information content (AvgIpc) is 3.02. The van der Waals surface area contributed by atoms with Crippen molar-refractivity contribution in [3.63, 3.8) is 0 Å². The first kappa shape index (κ1) is 32.9. The number of hydrogen-bond acceptors (Lipinski definition) is 6. The highest BCUT2D eigenvalue weighted by Crippen LogP contribution is 2.55. The summed E-state index contributed by atoms with van der Waals surface area (Å²) in [6.07, 6.45) is 1.32. The molecule has 246 valence electrons. The van der Waals surface area contributed by atoms with E-state index in [9.17, 15) is 18.4 Å². The molecule has 47 heavy (non-hydrogen) atoms. The third-order valence-corrected chi connectivity index (χ3v) is 9.78. The number of hydrogen-bond donors (Lipinski definition) is 1. The predicted octanol–water partition coefficient (Wildman–Crippen LogP) is 8.80. The van der Waals surface area contributed by atoms with E-state index < -0.39 is 29.3 Å². The molecule has 7 nitrogen and oxygen atoms in total. The highest BCUT2D eigenvalue weighted by Gasteiger charge is 2.60. The van der Waals surface area contributed by atoms with E-state index in [1.54, 1.807) is 18.2 Å². The van der Waals surface area contributed by atoms with E-state index in [1.807, 2.05) is 76.2 Å². The molecule has 3 fully saturated rings. The van der Waals surface area contributed by atoms with Gasteiger partial charge in [-0.3, -0.25) is 9.59 Å². The van der Waals surface area contributed by atoms with Crippen molar-refractivity contribution in [1.82, 2.24) is 10.3 Å². The molecule has 7 rings (SSSR count). The Morgan fingerprint density at radius 2 is 1.62 bits per heavy atom. The fourth-order valence-corrected chi connectivity index (χ4v) is 7.33. The number of nitrogens with one attached hydrogen (secondary N) is 1. The molecule has 4 aromatic rings. The predicted molar refractivity (Wildman–Crippen MR) is 179 cm³/mol. The molecule has 1 atom stereocenters. The summed E-state index contributed by atoms with van der Waals surface area (Å²) in [5.74, 6) is -0.629. The first-order valence-electron chi connectivity index (χ1n) is 15.7. The van der Waals surface area contributed by atoms with Gasteiger partial charge in [-0.1, -0.05) is 58.4 Å². The van der Waals surface area contributed by atoms with Gasteiger partial charge < -0.3 is 19.5 Å². The Morgan fingerprint density at radius 3 is 2.28 bits per heavy atom. The van der Waals surface area contributed by atoms with Crippen molar-refractivity contribution in [3.05, 3.63) is 88.4 Å². The van der Waals surface area contributed by atoms with Gasteiger partial charge in [0.2, 0.25) is 0 Å². The van der Waals surface area contributed by atoms with Crippen LogP contribution in [0.5, 0.6) is 11.5 Å². The van der Waals surface area contributed by atoms with Gasteiger partial charge in [-0.15, -0.1) is 0 Å². The van der Waals surface area contributed by atoms with Gasteiger partial charge >= 0.3 is 12.6 Å². The van der Waals surface area contributed by atoms with Crippen molar-refractivity contribution >= 4 is 38.7 Å². The summed E-state index contributed by atoms with van der Waals surface area (Å²) in [6, 6.07) is 21.6. The molecule has 0 radical (unpaired) electrons. The third kappa shape index (κ3) is 6.57. The molecule has 1 amide bonds.